The van der Waals surface area contributed by atoms with E-state index in [1.54, 1.807) is 12.1 Å². The van der Waals surface area contributed by atoms with E-state index in [2.05, 4.69) is 15.5 Å². The standard InChI is InChI=1S/C15H12Cl3N3O/c16-8-1-2-9(12(17)7-8)10-3-4-13(10)20-15(22)11-5-6-19-21-14(11)18/h1-2,5-7,10,13H,3-4H2,(H,20,22)/t10-,13-/m0/s1. The number of nitrogens with zero attached hydrogens (tertiary/aromatic N) is 2. The molecule has 0 radical (unpaired) electrons. The van der Waals surface area contributed by atoms with Crippen molar-refractivity contribution in [3.63, 3.8) is 0 Å². The van der Waals surface area contributed by atoms with E-state index in [4.69, 9.17) is 34.8 Å². The lowest BCUT2D eigenvalue weighted by Crippen LogP contribution is -2.45. The quantitative estimate of drug-likeness (QED) is 0.900. The summed E-state index contributed by atoms with van der Waals surface area (Å²) >= 11 is 18.1. The summed E-state index contributed by atoms with van der Waals surface area (Å²) in [4.78, 5) is 12.3. The van der Waals surface area contributed by atoms with E-state index < -0.39 is 0 Å². The molecule has 1 saturated carbocycles. The Morgan fingerprint density at radius 2 is 2.00 bits per heavy atom. The van der Waals surface area contributed by atoms with Gasteiger partial charge in [-0.3, -0.25) is 4.79 Å². The van der Waals surface area contributed by atoms with E-state index in [9.17, 15) is 4.79 Å². The zero-order valence-electron chi connectivity index (χ0n) is 11.4. The van der Waals surface area contributed by atoms with Crippen LogP contribution in [0.3, 0.4) is 0 Å². The molecule has 3 rings (SSSR count). The molecule has 1 aliphatic carbocycles. The second-order valence-corrected chi connectivity index (χ2v) is 6.37. The highest BCUT2D eigenvalue weighted by molar-refractivity contribution is 6.35. The first kappa shape index (κ1) is 15.5. The second kappa shape index (κ2) is 6.41. The zero-order valence-corrected chi connectivity index (χ0v) is 13.7. The minimum atomic E-state index is -0.250. The van der Waals surface area contributed by atoms with E-state index in [-0.39, 0.29) is 23.0 Å². The lowest BCUT2D eigenvalue weighted by molar-refractivity contribution is 0.0904. The first-order chi connectivity index (χ1) is 10.6. The van der Waals surface area contributed by atoms with Crippen molar-refractivity contribution in [3.8, 4) is 0 Å². The SMILES string of the molecule is O=C(N[C@H]1CC[C@H]1c1ccc(Cl)cc1Cl)c1ccnnc1Cl. The molecule has 0 spiro atoms. The molecular weight excluding hydrogens is 345 g/mol. The Kier molecular flexibility index (Phi) is 4.52. The molecule has 1 fully saturated rings. The molecule has 1 aromatic heterocycles. The fourth-order valence-corrected chi connectivity index (χ4v) is 3.32. The lowest BCUT2D eigenvalue weighted by atomic mass is 9.75. The van der Waals surface area contributed by atoms with Gasteiger partial charge in [0.25, 0.3) is 5.91 Å². The summed E-state index contributed by atoms with van der Waals surface area (Å²) in [5.74, 6) is -0.0676. The van der Waals surface area contributed by atoms with Crippen molar-refractivity contribution >= 4 is 40.7 Å². The highest BCUT2D eigenvalue weighted by atomic mass is 35.5. The van der Waals surface area contributed by atoms with Gasteiger partial charge in [0.2, 0.25) is 0 Å². The molecule has 4 nitrogen and oxygen atoms in total. The molecule has 22 heavy (non-hydrogen) atoms. The van der Waals surface area contributed by atoms with Gasteiger partial charge in [0.15, 0.2) is 5.15 Å². The fourth-order valence-electron chi connectivity index (χ4n) is 2.58. The average Bonchev–Trinajstić information content (AvgIpc) is 2.46. The van der Waals surface area contributed by atoms with Gasteiger partial charge in [0.05, 0.1) is 11.8 Å². The summed E-state index contributed by atoms with van der Waals surface area (Å²) in [7, 11) is 0. The Labute approximate surface area is 142 Å². The molecule has 114 valence electrons. The van der Waals surface area contributed by atoms with Crippen LogP contribution in [0.15, 0.2) is 30.5 Å². The molecule has 1 N–H and O–H groups in total. The first-order valence-corrected chi connectivity index (χ1v) is 7.92. The largest absolute Gasteiger partial charge is 0.349 e. The maximum Gasteiger partial charge on any atom is 0.254 e. The molecule has 0 bridgehead atoms. The van der Waals surface area contributed by atoms with Crippen molar-refractivity contribution in [2.24, 2.45) is 0 Å². The van der Waals surface area contributed by atoms with E-state index in [1.165, 1.54) is 6.20 Å². The third-order valence-electron chi connectivity index (χ3n) is 3.87. The van der Waals surface area contributed by atoms with Crippen LogP contribution in [0.1, 0.15) is 34.7 Å². The Hall–Kier alpha value is -1.36. The van der Waals surface area contributed by atoms with Crippen LogP contribution >= 0.6 is 34.8 Å². The molecular formula is C15H12Cl3N3O. The van der Waals surface area contributed by atoms with Gasteiger partial charge < -0.3 is 5.32 Å². The number of carbonyl (C=O) groups is 1. The lowest BCUT2D eigenvalue weighted by Gasteiger charge is -2.38. The van der Waals surface area contributed by atoms with Crippen LogP contribution in [0.2, 0.25) is 15.2 Å². The van der Waals surface area contributed by atoms with Crippen LogP contribution in [-0.4, -0.2) is 22.1 Å². The molecule has 0 unspecified atom stereocenters. The van der Waals surface area contributed by atoms with Crippen LogP contribution in [0, 0.1) is 0 Å². The predicted octanol–water partition coefficient (Wildman–Crippen LogP) is 4.11. The minimum Gasteiger partial charge on any atom is -0.349 e. The van der Waals surface area contributed by atoms with Crippen LogP contribution in [0.5, 0.6) is 0 Å². The molecule has 2 atom stereocenters. The Bertz CT molecular complexity index is 723. The average molecular weight is 357 g/mol. The molecule has 0 aliphatic heterocycles. The normalized spacial score (nSPS) is 20.3. The second-order valence-electron chi connectivity index (χ2n) is 5.17. The van der Waals surface area contributed by atoms with Crippen molar-refractivity contribution in [2.45, 2.75) is 24.8 Å². The van der Waals surface area contributed by atoms with Gasteiger partial charge >= 0.3 is 0 Å². The van der Waals surface area contributed by atoms with E-state index in [0.29, 0.717) is 15.6 Å². The van der Waals surface area contributed by atoms with Gasteiger partial charge in [0, 0.05) is 22.0 Å². The number of rotatable bonds is 3. The highest BCUT2D eigenvalue weighted by Crippen LogP contribution is 2.41. The number of halogens is 3. The number of carbonyl (C=O) groups excluding carboxylic acids is 1. The molecule has 1 heterocycles. The van der Waals surface area contributed by atoms with Gasteiger partial charge in [-0.15, -0.1) is 5.10 Å². The highest BCUT2D eigenvalue weighted by Gasteiger charge is 2.35. The number of benzene rings is 1. The topological polar surface area (TPSA) is 54.9 Å². The summed E-state index contributed by atoms with van der Waals surface area (Å²) in [5.41, 5.74) is 1.33. The maximum atomic E-state index is 12.3. The number of hydrogen-bond donors (Lipinski definition) is 1. The van der Waals surface area contributed by atoms with Gasteiger partial charge in [-0.25, -0.2) is 0 Å². The van der Waals surface area contributed by atoms with Gasteiger partial charge in [-0.05, 0) is 36.6 Å². The molecule has 7 heteroatoms. The minimum absolute atomic E-state index is 0.0235. The third-order valence-corrected chi connectivity index (χ3v) is 4.71. The molecule has 1 aliphatic rings. The summed E-state index contributed by atoms with van der Waals surface area (Å²) in [5, 5.41) is 11.6. The summed E-state index contributed by atoms with van der Waals surface area (Å²) in [6.45, 7) is 0. The van der Waals surface area contributed by atoms with Crippen molar-refractivity contribution in [1.29, 1.82) is 0 Å². The Morgan fingerprint density at radius 1 is 1.18 bits per heavy atom. The Balaban J connectivity index is 1.74. The van der Waals surface area contributed by atoms with Crippen LogP contribution in [0.25, 0.3) is 0 Å². The van der Waals surface area contributed by atoms with Crippen molar-refractivity contribution in [1.82, 2.24) is 15.5 Å². The van der Waals surface area contributed by atoms with Gasteiger partial charge in [-0.1, -0.05) is 40.9 Å². The Morgan fingerprint density at radius 3 is 2.64 bits per heavy atom. The summed E-state index contributed by atoms with van der Waals surface area (Å²) < 4.78 is 0. The number of aromatic nitrogens is 2. The van der Waals surface area contributed by atoms with E-state index in [0.717, 1.165) is 18.4 Å². The molecule has 1 amide bonds. The smallest absolute Gasteiger partial charge is 0.254 e. The van der Waals surface area contributed by atoms with Crippen molar-refractivity contribution in [2.75, 3.05) is 0 Å². The van der Waals surface area contributed by atoms with Gasteiger partial charge in [-0.2, -0.15) is 5.10 Å². The molecule has 0 saturated heterocycles. The zero-order chi connectivity index (χ0) is 15.7. The molecule has 2 aromatic rings. The van der Waals surface area contributed by atoms with Crippen LogP contribution in [0.4, 0.5) is 0 Å². The third kappa shape index (κ3) is 3.05. The monoisotopic (exact) mass is 355 g/mol. The number of nitrogens with one attached hydrogen (secondary N) is 1. The van der Waals surface area contributed by atoms with Crippen molar-refractivity contribution in [3.05, 3.63) is 56.8 Å². The fraction of sp³-hybridized carbons (Fsp3) is 0.267. The first-order valence-electron chi connectivity index (χ1n) is 6.79. The number of hydrogen-bond acceptors (Lipinski definition) is 3. The maximum absolute atomic E-state index is 12.3. The predicted molar refractivity (Wildman–Crippen MR) is 86.7 cm³/mol. The van der Waals surface area contributed by atoms with Crippen LogP contribution < -0.4 is 5.32 Å². The van der Waals surface area contributed by atoms with Crippen molar-refractivity contribution < 1.29 is 4.79 Å². The summed E-state index contributed by atoms with van der Waals surface area (Å²) in [6, 6.07) is 7.01. The molecule has 1 aromatic carbocycles. The van der Waals surface area contributed by atoms with E-state index >= 15 is 0 Å². The number of amides is 1. The van der Waals surface area contributed by atoms with Crippen LogP contribution in [-0.2, 0) is 0 Å². The van der Waals surface area contributed by atoms with E-state index in [1.807, 2.05) is 12.1 Å². The summed E-state index contributed by atoms with van der Waals surface area (Å²) in [6.07, 6.45) is 3.30. The van der Waals surface area contributed by atoms with Gasteiger partial charge in [0.1, 0.15) is 0 Å².